The number of hydrogen-bond donors (Lipinski definition) is 1. The minimum atomic E-state index is 0.217. The van der Waals surface area contributed by atoms with Crippen molar-refractivity contribution in [1.82, 2.24) is 0 Å². The zero-order valence-electron chi connectivity index (χ0n) is 11.2. The van der Waals surface area contributed by atoms with E-state index in [1.165, 1.54) is 5.56 Å². The number of halogens is 1. The highest BCUT2D eigenvalue weighted by atomic mass is 35.5. The van der Waals surface area contributed by atoms with Crippen LogP contribution in [0.25, 0.3) is 0 Å². The Hall–Kier alpha value is -1.67. The highest BCUT2D eigenvalue weighted by Gasteiger charge is 2.05. The summed E-state index contributed by atoms with van der Waals surface area (Å²) >= 11 is 5.90. The van der Waals surface area contributed by atoms with Gasteiger partial charge in [-0.2, -0.15) is 0 Å². The molecular formula is C16H18ClNO. The molecule has 0 bridgehead atoms. The van der Waals surface area contributed by atoms with Gasteiger partial charge in [0.05, 0.1) is 6.61 Å². The SMILES string of the molecule is CCOc1cccc(NC(C)c2ccc(Cl)cc2)c1. The predicted octanol–water partition coefficient (Wildman–Crippen LogP) is 4.91. The highest BCUT2D eigenvalue weighted by molar-refractivity contribution is 6.30. The Morgan fingerprint density at radius 2 is 1.89 bits per heavy atom. The number of hydrogen-bond acceptors (Lipinski definition) is 2. The van der Waals surface area contributed by atoms with E-state index in [9.17, 15) is 0 Å². The fraction of sp³-hybridized carbons (Fsp3) is 0.250. The van der Waals surface area contributed by atoms with Crippen LogP contribution in [-0.4, -0.2) is 6.61 Å². The van der Waals surface area contributed by atoms with E-state index in [2.05, 4.69) is 12.2 Å². The number of benzene rings is 2. The molecule has 0 saturated heterocycles. The summed E-state index contributed by atoms with van der Waals surface area (Å²) in [4.78, 5) is 0. The lowest BCUT2D eigenvalue weighted by Gasteiger charge is -2.16. The largest absolute Gasteiger partial charge is 0.494 e. The molecule has 2 aromatic rings. The molecule has 0 aliphatic carbocycles. The summed E-state index contributed by atoms with van der Waals surface area (Å²) in [6.45, 7) is 4.78. The van der Waals surface area contributed by atoms with E-state index in [0.29, 0.717) is 6.61 Å². The standard InChI is InChI=1S/C16H18ClNO/c1-3-19-16-6-4-5-15(11-16)18-12(2)13-7-9-14(17)10-8-13/h4-12,18H,3H2,1-2H3. The number of anilines is 1. The minimum Gasteiger partial charge on any atom is -0.494 e. The van der Waals surface area contributed by atoms with Gasteiger partial charge in [0.2, 0.25) is 0 Å². The van der Waals surface area contributed by atoms with Crippen LogP contribution >= 0.6 is 11.6 Å². The fourth-order valence-electron chi connectivity index (χ4n) is 1.93. The molecule has 1 atom stereocenters. The zero-order valence-corrected chi connectivity index (χ0v) is 11.9. The molecule has 1 unspecified atom stereocenters. The molecule has 0 aromatic heterocycles. The van der Waals surface area contributed by atoms with E-state index < -0.39 is 0 Å². The molecule has 0 saturated carbocycles. The molecule has 0 spiro atoms. The van der Waals surface area contributed by atoms with Crippen molar-refractivity contribution in [2.24, 2.45) is 0 Å². The Bertz CT molecular complexity index is 525. The van der Waals surface area contributed by atoms with Crippen LogP contribution in [0.15, 0.2) is 48.5 Å². The maximum absolute atomic E-state index is 5.90. The molecule has 2 aromatic carbocycles. The normalized spacial score (nSPS) is 11.9. The molecule has 2 rings (SSSR count). The van der Waals surface area contributed by atoms with Crippen LogP contribution < -0.4 is 10.1 Å². The van der Waals surface area contributed by atoms with Crippen molar-refractivity contribution in [1.29, 1.82) is 0 Å². The minimum absolute atomic E-state index is 0.217. The van der Waals surface area contributed by atoms with E-state index in [1.807, 2.05) is 55.5 Å². The van der Waals surface area contributed by atoms with Crippen LogP contribution in [0.3, 0.4) is 0 Å². The van der Waals surface area contributed by atoms with Gasteiger partial charge in [-0.3, -0.25) is 0 Å². The first kappa shape index (κ1) is 13.8. The smallest absolute Gasteiger partial charge is 0.121 e. The maximum atomic E-state index is 5.90. The molecule has 0 aliphatic rings. The molecular weight excluding hydrogens is 258 g/mol. The monoisotopic (exact) mass is 275 g/mol. The summed E-state index contributed by atoms with van der Waals surface area (Å²) in [6, 6.07) is 16.1. The molecule has 0 radical (unpaired) electrons. The van der Waals surface area contributed by atoms with Gasteiger partial charge < -0.3 is 10.1 Å². The fourth-order valence-corrected chi connectivity index (χ4v) is 2.05. The lowest BCUT2D eigenvalue weighted by atomic mass is 10.1. The lowest BCUT2D eigenvalue weighted by Crippen LogP contribution is -2.06. The Morgan fingerprint density at radius 3 is 2.58 bits per heavy atom. The second-order valence-electron chi connectivity index (χ2n) is 4.38. The predicted molar refractivity (Wildman–Crippen MR) is 81.1 cm³/mol. The van der Waals surface area contributed by atoms with Gasteiger partial charge in [-0.15, -0.1) is 0 Å². The molecule has 1 N–H and O–H groups in total. The van der Waals surface area contributed by atoms with Crippen molar-refractivity contribution < 1.29 is 4.74 Å². The Balaban J connectivity index is 2.07. The summed E-state index contributed by atoms with van der Waals surface area (Å²) in [5, 5.41) is 4.21. The summed E-state index contributed by atoms with van der Waals surface area (Å²) < 4.78 is 5.49. The average molecular weight is 276 g/mol. The van der Waals surface area contributed by atoms with Gasteiger partial charge in [0.15, 0.2) is 0 Å². The van der Waals surface area contributed by atoms with Crippen molar-refractivity contribution in [3.63, 3.8) is 0 Å². The lowest BCUT2D eigenvalue weighted by molar-refractivity contribution is 0.340. The van der Waals surface area contributed by atoms with Crippen molar-refractivity contribution >= 4 is 17.3 Å². The first-order chi connectivity index (χ1) is 9.19. The Labute approximate surface area is 119 Å². The van der Waals surface area contributed by atoms with Crippen LogP contribution in [0.2, 0.25) is 5.02 Å². The van der Waals surface area contributed by atoms with Crippen molar-refractivity contribution in [2.75, 3.05) is 11.9 Å². The summed E-state index contributed by atoms with van der Waals surface area (Å²) in [5.74, 6) is 0.885. The van der Waals surface area contributed by atoms with Gasteiger partial charge in [-0.25, -0.2) is 0 Å². The van der Waals surface area contributed by atoms with Gasteiger partial charge >= 0.3 is 0 Å². The van der Waals surface area contributed by atoms with Gasteiger partial charge in [0.1, 0.15) is 5.75 Å². The molecule has 0 fully saturated rings. The van der Waals surface area contributed by atoms with Crippen molar-refractivity contribution in [3.05, 3.63) is 59.1 Å². The molecule has 100 valence electrons. The molecule has 0 aliphatic heterocycles. The Morgan fingerprint density at radius 1 is 1.16 bits per heavy atom. The summed E-state index contributed by atoms with van der Waals surface area (Å²) in [6.07, 6.45) is 0. The average Bonchev–Trinajstić information content (AvgIpc) is 2.40. The third kappa shape index (κ3) is 3.90. The van der Waals surface area contributed by atoms with Crippen LogP contribution in [0.4, 0.5) is 5.69 Å². The number of ether oxygens (including phenoxy) is 1. The first-order valence-electron chi connectivity index (χ1n) is 6.44. The van der Waals surface area contributed by atoms with Crippen LogP contribution in [0.1, 0.15) is 25.5 Å². The third-order valence-electron chi connectivity index (χ3n) is 2.90. The van der Waals surface area contributed by atoms with E-state index in [4.69, 9.17) is 16.3 Å². The summed E-state index contributed by atoms with van der Waals surface area (Å²) in [7, 11) is 0. The van der Waals surface area contributed by atoms with Gasteiger partial charge in [0, 0.05) is 22.8 Å². The molecule has 3 heteroatoms. The van der Waals surface area contributed by atoms with Crippen LogP contribution in [0.5, 0.6) is 5.75 Å². The van der Waals surface area contributed by atoms with Crippen molar-refractivity contribution in [3.8, 4) is 5.75 Å². The van der Waals surface area contributed by atoms with Gasteiger partial charge in [0.25, 0.3) is 0 Å². The number of rotatable bonds is 5. The third-order valence-corrected chi connectivity index (χ3v) is 3.15. The van der Waals surface area contributed by atoms with E-state index in [-0.39, 0.29) is 6.04 Å². The molecule has 0 heterocycles. The second kappa shape index (κ2) is 6.48. The Kier molecular flexibility index (Phi) is 4.69. The van der Waals surface area contributed by atoms with Crippen molar-refractivity contribution in [2.45, 2.75) is 19.9 Å². The number of nitrogens with one attached hydrogen (secondary N) is 1. The quantitative estimate of drug-likeness (QED) is 0.837. The van der Waals surface area contributed by atoms with Gasteiger partial charge in [-0.1, -0.05) is 29.8 Å². The van der Waals surface area contributed by atoms with Crippen LogP contribution in [0, 0.1) is 0 Å². The maximum Gasteiger partial charge on any atom is 0.121 e. The first-order valence-corrected chi connectivity index (χ1v) is 6.81. The second-order valence-corrected chi connectivity index (χ2v) is 4.81. The van der Waals surface area contributed by atoms with E-state index in [1.54, 1.807) is 0 Å². The topological polar surface area (TPSA) is 21.3 Å². The summed E-state index contributed by atoms with van der Waals surface area (Å²) in [5.41, 5.74) is 2.25. The van der Waals surface area contributed by atoms with E-state index in [0.717, 1.165) is 16.5 Å². The van der Waals surface area contributed by atoms with Crippen LogP contribution in [-0.2, 0) is 0 Å². The molecule has 0 amide bonds. The zero-order chi connectivity index (χ0) is 13.7. The highest BCUT2D eigenvalue weighted by Crippen LogP contribution is 2.23. The van der Waals surface area contributed by atoms with Gasteiger partial charge in [-0.05, 0) is 43.7 Å². The molecule has 19 heavy (non-hydrogen) atoms. The molecule has 2 nitrogen and oxygen atoms in total. The van der Waals surface area contributed by atoms with E-state index >= 15 is 0 Å².